The first-order valence-corrected chi connectivity index (χ1v) is 5.23. The minimum atomic E-state index is -4.89. The number of carboxylic acid groups (broad SMARTS) is 1. The third kappa shape index (κ3) is 3.63. The molecule has 4 nitrogen and oxygen atoms in total. The third-order valence-electron chi connectivity index (χ3n) is 1.87. The summed E-state index contributed by atoms with van der Waals surface area (Å²) in [4.78, 5) is 10.5. The largest absolute Gasteiger partial charge is 0.573 e. The van der Waals surface area contributed by atoms with E-state index in [-0.39, 0.29) is 15.6 Å². The zero-order valence-corrected chi connectivity index (χ0v) is 10.2. The Balaban J connectivity index is 3.21. The Kier molecular flexibility index (Phi) is 4.19. The normalized spacial score (nSPS) is 10.8. The number of nitriles is 1. The van der Waals surface area contributed by atoms with Gasteiger partial charge in [0.25, 0.3) is 0 Å². The first kappa shape index (κ1) is 14.3. The molecule has 0 aliphatic carbocycles. The van der Waals surface area contributed by atoms with Crippen LogP contribution in [0.3, 0.4) is 0 Å². The number of alkyl halides is 3. The fourth-order valence-electron chi connectivity index (χ4n) is 1.23. The van der Waals surface area contributed by atoms with E-state index in [9.17, 15) is 18.0 Å². The summed E-state index contributed by atoms with van der Waals surface area (Å²) in [6, 6.07) is 3.70. The molecule has 1 rings (SSSR count). The molecule has 0 saturated heterocycles. The highest BCUT2D eigenvalue weighted by Gasteiger charge is 2.32. The summed E-state index contributed by atoms with van der Waals surface area (Å²) in [6.45, 7) is 0. The topological polar surface area (TPSA) is 70.3 Å². The molecule has 0 fully saturated rings. The molecule has 0 aromatic heterocycles. The zero-order chi connectivity index (χ0) is 13.9. The van der Waals surface area contributed by atoms with E-state index in [0.717, 1.165) is 12.1 Å². The average Bonchev–Trinajstić information content (AvgIpc) is 2.20. The van der Waals surface area contributed by atoms with E-state index in [1.165, 1.54) is 0 Å². The van der Waals surface area contributed by atoms with Crippen molar-refractivity contribution in [2.75, 3.05) is 0 Å². The first-order valence-electron chi connectivity index (χ1n) is 4.43. The van der Waals surface area contributed by atoms with Crippen molar-refractivity contribution >= 4 is 21.9 Å². The molecule has 0 aliphatic heterocycles. The second-order valence-corrected chi connectivity index (χ2v) is 3.93. The molecule has 0 aliphatic rings. The van der Waals surface area contributed by atoms with Crippen LogP contribution in [0.25, 0.3) is 0 Å². The van der Waals surface area contributed by atoms with Gasteiger partial charge in [0.15, 0.2) is 0 Å². The predicted molar refractivity (Wildman–Crippen MR) is 56.9 cm³/mol. The monoisotopic (exact) mass is 323 g/mol. The van der Waals surface area contributed by atoms with Gasteiger partial charge in [-0.15, -0.1) is 13.2 Å². The quantitative estimate of drug-likeness (QED) is 0.928. The molecule has 1 aromatic rings. The number of nitrogens with zero attached hydrogens (tertiary/aromatic N) is 1. The molecule has 8 heteroatoms. The minimum absolute atomic E-state index is 0.103. The van der Waals surface area contributed by atoms with Gasteiger partial charge in [-0.2, -0.15) is 5.26 Å². The van der Waals surface area contributed by atoms with Crippen molar-refractivity contribution in [3.05, 3.63) is 27.7 Å². The fourth-order valence-corrected chi connectivity index (χ4v) is 1.79. The molecule has 0 bridgehead atoms. The average molecular weight is 324 g/mol. The van der Waals surface area contributed by atoms with Gasteiger partial charge in [0.1, 0.15) is 11.8 Å². The van der Waals surface area contributed by atoms with Crippen LogP contribution in [0.15, 0.2) is 16.6 Å². The summed E-state index contributed by atoms with van der Waals surface area (Å²) in [5.41, 5.74) is -0.0921. The summed E-state index contributed by atoms with van der Waals surface area (Å²) < 4.78 is 39.6. The van der Waals surface area contributed by atoms with Gasteiger partial charge >= 0.3 is 12.3 Å². The van der Waals surface area contributed by atoms with E-state index in [1.54, 1.807) is 6.07 Å². The summed E-state index contributed by atoms with van der Waals surface area (Å²) in [7, 11) is 0. The van der Waals surface area contributed by atoms with Gasteiger partial charge in [-0.05, 0) is 27.6 Å². The molecule has 1 N–H and O–H groups in total. The van der Waals surface area contributed by atoms with E-state index in [0.29, 0.717) is 0 Å². The van der Waals surface area contributed by atoms with Gasteiger partial charge in [0.05, 0.1) is 16.5 Å². The van der Waals surface area contributed by atoms with E-state index < -0.39 is 24.5 Å². The van der Waals surface area contributed by atoms with Crippen molar-refractivity contribution in [2.45, 2.75) is 12.8 Å². The van der Waals surface area contributed by atoms with Crippen LogP contribution >= 0.6 is 15.9 Å². The van der Waals surface area contributed by atoms with Crippen LogP contribution in [-0.4, -0.2) is 17.4 Å². The Morgan fingerprint density at radius 3 is 2.56 bits per heavy atom. The van der Waals surface area contributed by atoms with Gasteiger partial charge in [-0.3, -0.25) is 4.79 Å². The molecule has 1 aromatic carbocycles. The molecule has 0 amide bonds. The lowest BCUT2D eigenvalue weighted by atomic mass is 10.1. The van der Waals surface area contributed by atoms with Gasteiger partial charge in [0, 0.05) is 0 Å². The summed E-state index contributed by atoms with van der Waals surface area (Å²) in [5.74, 6) is -1.78. The van der Waals surface area contributed by atoms with Crippen molar-refractivity contribution < 1.29 is 27.8 Å². The summed E-state index contributed by atoms with van der Waals surface area (Å²) >= 11 is 2.79. The Morgan fingerprint density at radius 1 is 1.50 bits per heavy atom. The van der Waals surface area contributed by atoms with Crippen molar-refractivity contribution in [3.63, 3.8) is 0 Å². The molecule has 18 heavy (non-hydrogen) atoms. The van der Waals surface area contributed by atoms with E-state index in [2.05, 4.69) is 20.7 Å². The van der Waals surface area contributed by atoms with Crippen molar-refractivity contribution in [1.29, 1.82) is 5.26 Å². The van der Waals surface area contributed by atoms with Crippen LogP contribution in [-0.2, 0) is 11.2 Å². The third-order valence-corrected chi connectivity index (χ3v) is 2.66. The second kappa shape index (κ2) is 5.27. The first-order chi connectivity index (χ1) is 8.24. The molecular formula is C10H5BrF3NO3. The zero-order valence-electron chi connectivity index (χ0n) is 8.58. The molecule has 0 atom stereocenters. The second-order valence-electron chi connectivity index (χ2n) is 3.14. The van der Waals surface area contributed by atoms with Crippen molar-refractivity contribution in [3.8, 4) is 11.8 Å². The van der Waals surface area contributed by atoms with Crippen molar-refractivity contribution in [1.82, 2.24) is 0 Å². The number of carbonyl (C=O) groups is 1. The number of benzene rings is 1. The van der Waals surface area contributed by atoms with E-state index in [1.807, 2.05) is 0 Å². The molecule has 0 radical (unpaired) electrons. The highest BCUT2D eigenvalue weighted by molar-refractivity contribution is 9.10. The van der Waals surface area contributed by atoms with Crippen LogP contribution in [0.4, 0.5) is 13.2 Å². The molecular weight excluding hydrogens is 319 g/mol. The molecule has 0 saturated carbocycles. The number of halogens is 4. The SMILES string of the molecule is N#Cc1c(CC(=O)O)ccc(OC(F)(F)F)c1Br. The van der Waals surface area contributed by atoms with E-state index in [4.69, 9.17) is 10.4 Å². The lowest BCUT2D eigenvalue weighted by Gasteiger charge is -2.12. The number of hydrogen-bond donors (Lipinski definition) is 1. The van der Waals surface area contributed by atoms with Crippen LogP contribution < -0.4 is 4.74 Å². The Bertz CT molecular complexity index is 522. The molecule has 96 valence electrons. The standard InChI is InChI=1S/C10H5BrF3NO3/c11-9-6(4-15)5(3-8(16)17)1-2-7(9)18-10(12,13)14/h1-2H,3H2,(H,16,17). The van der Waals surface area contributed by atoms with Crippen molar-refractivity contribution in [2.24, 2.45) is 0 Å². The Morgan fingerprint density at radius 2 is 2.11 bits per heavy atom. The number of ether oxygens (including phenoxy) is 1. The lowest BCUT2D eigenvalue weighted by molar-refractivity contribution is -0.274. The maximum absolute atomic E-state index is 12.0. The van der Waals surface area contributed by atoms with Gasteiger partial charge in [-0.1, -0.05) is 6.07 Å². The minimum Gasteiger partial charge on any atom is -0.481 e. The number of hydrogen-bond acceptors (Lipinski definition) is 3. The maximum Gasteiger partial charge on any atom is 0.573 e. The predicted octanol–water partition coefficient (Wildman–Crippen LogP) is 2.85. The van der Waals surface area contributed by atoms with Crippen LogP contribution in [0.2, 0.25) is 0 Å². The highest BCUT2D eigenvalue weighted by Crippen LogP contribution is 2.34. The summed E-state index contributed by atoms with van der Waals surface area (Å²) in [5, 5.41) is 17.4. The highest BCUT2D eigenvalue weighted by atomic mass is 79.9. The number of carboxylic acids is 1. The van der Waals surface area contributed by atoms with Gasteiger partial charge in [-0.25, -0.2) is 0 Å². The smallest absolute Gasteiger partial charge is 0.481 e. The Hall–Kier alpha value is -1.75. The summed E-state index contributed by atoms with van der Waals surface area (Å²) in [6.07, 6.45) is -5.35. The molecule has 0 unspecified atom stereocenters. The van der Waals surface area contributed by atoms with Crippen LogP contribution in [0.1, 0.15) is 11.1 Å². The van der Waals surface area contributed by atoms with Crippen LogP contribution in [0.5, 0.6) is 5.75 Å². The number of aliphatic carboxylic acids is 1. The maximum atomic E-state index is 12.0. The number of rotatable bonds is 3. The fraction of sp³-hybridized carbons (Fsp3) is 0.200. The van der Waals surface area contributed by atoms with Gasteiger partial charge < -0.3 is 9.84 Å². The molecule has 0 spiro atoms. The van der Waals surface area contributed by atoms with Gasteiger partial charge in [0.2, 0.25) is 0 Å². The molecule has 0 heterocycles. The lowest BCUT2D eigenvalue weighted by Crippen LogP contribution is -2.18. The van der Waals surface area contributed by atoms with Crippen LogP contribution in [0, 0.1) is 11.3 Å². The Labute approximate surface area is 108 Å². The van der Waals surface area contributed by atoms with E-state index >= 15 is 0 Å².